The lowest BCUT2D eigenvalue weighted by Gasteiger charge is -2.32. The molecule has 1 aliphatic carbocycles. The van der Waals surface area contributed by atoms with Crippen LogP contribution in [-0.2, 0) is 0 Å². The molecule has 0 aromatic carbocycles. The van der Waals surface area contributed by atoms with Crippen molar-refractivity contribution in [2.45, 2.75) is 36.5 Å². The van der Waals surface area contributed by atoms with E-state index in [9.17, 15) is 0 Å². The van der Waals surface area contributed by atoms with Crippen molar-refractivity contribution >= 4 is 11.8 Å². The molecule has 1 saturated carbocycles. The first-order chi connectivity index (χ1) is 7.31. The Bertz CT molecular complexity index is 240. The summed E-state index contributed by atoms with van der Waals surface area (Å²) >= 11 is 2.07. The van der Waals surface area contributed by atoms with Crippen molar-refractivity contribution in [1.29, 1.82) is 0 Å². The van der Waals surface area contributed by atoms with Gasteiger partial charge in [-0.25, -0.2) is 0 Å². The van der Waals surface area contributed by atoms with Crippen LogP contribution in [0.15, 0.2) is 0 Å². The van der Waals surface area contributed by atoms with E-state index in [0.717, 1.165) is 12.0 Å². The predicted molar refractivity (Wildman–Crippen MR) is 66.4 cm³/mol. The molecule has 0 aromatic heterocycles. The fourth-order valence-corrected chi connectivity index (χ4v) is 3.87. The third-order valence-corrected chi connectivity index (χ3v) is 5.98. The second kappa shape index (κ2) is 3.94. The molecule has 0 amide bonds. The maximum absolute atomic E-state index is 3.86. The molecule has 0 radical (unpaired) electrons. The number of hydrogen-bond donors (Lipinski definition) is 1. The first-order valence-corrected chi connectivity index (χ1v) is 7.55. The zero-order chi connectivity index (χ0) is 10.3. The van der Waals surface area contributed by atoms with Crippen molar-refractivity contribution in [1.82, 2.24) is 10.2 Å². The molecule has 3 fully saturated rings. The fourth-order valence-electron chi connectivity index (χ4n) is 3.13. The minimum atomic E-state index is 0.635. The molecule has 86 valence electrons. The van der Waals surface area contributed by atoms with Gasteiger partial charge in [-0.2, -0.15) is 11.8 Å². The van der Waals surface area contributed by atoms with Crippen LogP contribution in [-0.4, -0.2) is 48.1 Å². The second-order valence-electron chi connectivity index (χ2n) is 5.51. The van der Waals surface area contributed by atoms with Gasteiger partial charge in [0, 0.05) is 23.9 Å². The monoisotopic (exact) mass is 226 g/mol. The van der Waals surface area contributed by atoms with Crippen LogP contribution in [0.3, 0.4) is 0 Å². The number of piperidine rings is 1. The molecular formula is C12H22N2S. The van der Waals surface area contributed by atoms with E-state index >= 15 is 0 Å². The standard InChI is InChI=1S/C12H22N2S/c1-15-12(4-5-12)9-13-11-3-7-14-6-2-10(11)8-14/h10-11,13H,2-9H2,1H3. The summed E-state index contributed by atoms with van der Waals surface area (Å²) in [5.74, 6) is 0.955. The molecule has 0 spiro atoms. The Morgan fingerprint density at radius 2 is 2.13 bits per heavy atom. The van der Waals surface area contributed by atoms with Crippen molar-refractivity contribution < 1.29 is 0 Å². The Kier molecular flexibility index (Phi) is 2.74. The molecule has 2 heterocycles. The summed E-state index contributed by atoms with van der Waals surface area (Å²) in [6, 6.07) is 0.827. The number of nitrogens with zero attached hydrogens (tertiary/aromatic N) is 1. The normalized spacial score (nSPS) is 41.8. The van der Waals surface area contributed by atoms with E-state index < -0.39 is 0 Å². The lowest BCUT2D eigenvalue weighted by molar-refractivity contribution is 0.221. The Morgan fingerprint density at radius 1 is 1.33 bits per heavy atom. The molecule has 3 aliphatic rings. The lowest BCUT2D eigenvalue weighted by Crippen LogP contribution is -2.46. The van der Waals surface area contributed by atoms with Gasteiger partial charge in [-0.3, -0.25) is 0 Å². The van der Waals surface area contributed by atoms with Crippen molar-refractivity contribution in [3.8, 4) is 0 Å². The Morgan fingerprint density at radius 3 is 2.87 bits per heavy atom. The quantitative estimate of drug-likeness (QED) is 0.783. The van der Waals surface area contributed by atoms with E-state index in [0.29, 0.717) is 4.75 Å². The molecule has 3 unspecified atom stereocenters. The smallest absolute Gasteiger partial charge is 0.0282 e. The number of thioether (sulfide) groups is 1. The fraction of sp³-hybridized carbons (Fsp3) is 1.00. The molecule has 3 rings (SSSR count). The third-order valence-electron chi connectivity index (χ3n) is 4.56. The highest BCUT2D eigenvalue weighted by molar-refractivity contribution is 8.00. The Labute approximate surface area is 97.2 Å². The third kappa shape index (κ3) is 2.06. The first-order valence-electron chi connectivity index (χ1n) is 6.32. The van der Waals surface area contributed by atoms with Gasteiger partial charge in [-0.05, 0) is 50.9 Å². The van der Waals surface area contributed by atoms with E-state index in [-0.39, 0.29) is 0 Å². The largest absolute Gasteiger partial charge is 0.312 e. The highest BCUT2D eigenvalue weighted by atomic mass is 32.2. The van der Waals surface area contributed by atoms with Crippen molar-refractivity contribution in [2.75, 3.05) is 32.4 Å². The number of fused-ring (bicyclic) bond motifs is 2. The summed E-state index contributed by atoms with van der Waals surface area (Å²) in [7, 11) is 0. The van der Waals surface area contributed by atoms with Crippen LogP contribution in [0.2, 0.25) is 0 Å². The Hall–Kier alpha value is 0.270. The van der Waals surface area contributed by atoms with Gasteiger partial charge in [0.05, 0.1) is 0 Å². The molecule has 2 nitrogen and oxygen atoms in total. The van der Waals surface area contributed by atoms with Crippen molar-refractivity contribution in [3.63, 3.8) is 0 Å². The maximum atomic E-state index is 3.86. The van der Waals surface area contributed by atoms with Gasteiger partial charge in [-0.1, -0.05) is 0 Å². The molecule has 2 bridgehead atoms. The van der Waals surface area contributed by atoms with Crippen LogP contribution in [0.5, 0.6) is 0 Å². The predicted octanol–water partition coefficient (Wildman–Crippen LogP) is 1.57. The zero-order valence-electron chi connectivity index (χ0n) is 9.67. The summed E-state index contributed by atoms with van der Waals surface area (Å²) in [5, 5.41) is 3.86. The van der Waals surface area contributed by atoms with Gasteiger partial charge in [0.2, 0.25) is 0 Å². The minimum absolute atomic E-state index is 0.635. The molecule has 3 atom stereocenters. The van der Waals surface area contributed by atoms with Crippen LogP contribution in [0.4, 0.5) is 0 Å². The number of rotatable bonds is 4. The molecule has 3 heteroatoms. The SMILES string of the molecule is CSC1(CNC2CCN3CCC2C3)CC1. The van der Waals surface area contributed by atoms with Gasteiger partial charge in [0.15, 0.2) is 0 Å². The molecule has 15 heavy (non-hydrogen) atoms. The maximum Gasteiger partial charge on any atom is 0.0282 e. The lowest BCUT2D eigenvalue weighted by atomic mass is 9.94. The molecular weight excluding hydrogens is 204 g/mol. The van der Waals surface area contributed by atoms with E-state index in [4.69, 9.17) is 0 Å². The number of nitrogens with one attached hydrogen (secondary N) is 1. The van der Waals surface area contributed by atoms with Crippen LogP contribution in [0.1, 0.15) is 25.7 Å². The van der Waals surface area contributed by atoms with Gasteiger partial charge >= 0.3 is 0 Å². The summed E-state index contributed by atoms with van der Waals surface area (Å²) in [6.07, 6.45) is 7.96. The molecule has 0 aromatic rings. The van der Waals surface area contributed by atoms with Gasteiger partial charge in [-0.15, -0.1) is 0 Å². The van der Waals surface area contributed by atoms with Crippen LogP contribution < -0.4 is 5.32 Å². The summed E-state index contributed by atoms with van der Waals surface area (Å²) in [4.78, 5) is 2.63. The van der Waals surface area contributed by atoms with E-state index in [1.165, 1.54) is 51.9 Å². The topological polar surface area (TPSA) is 15.3 Å². The van der Waals surface area contributed by atoms with Crippen molar-refractivity contribution in [2.24, 2.45) is 5.92 Å². The first kappa shape index (κ1) is 10.4. The number of hydrogen-bond acceptors (Lipinski definition) is 3. The van der Waals surface area contributed by atoms with Crippen molar-refractivity contribution in [3.05, 3.63) is 0 Å². The van der Waals surface area contributed by atoms with Gasteiger partial charge < -0.3 is 10.2 Å². The highest BCUT2D eigenvalue weighted by Gasteiger charge is 2.43. The van der Waals surface area contributed by atoms with E-state index in [1.807, 2.05) is 0 Å². The highest BCUT2D eigenvalue weighted by Crippen LogP contribution is 2.46. The average Bonchev–Trinajstić information content (AvgIpc) is 2.96. The van der Waals surface area contributed by atoms with Gasteiger partial charge in [0.1, 0.15) is 0 Å². The van der Waals surface area contributed by atoms with E-state index in [1.54, 1.807) is 0 Å². The summed E-state index contributed by atoms with van der Waals surface area (Å²) in [5.41, 5.74) is 0. The molecule has 2 saturated heterocycles. The Balaban J connectivity index is 1.50. The summed E-state index contributed by atoms with van der Waals surface area (Å²) in [6.45, 7) is 5.32. The van der Waals surface area contributed by atoms with E-state index in [2.05, 4.69) is 28.2 Å². The second-order valence-corrected chi connectivity index (χ2v) is 6.79. The average molecular weight is 226 g/mol. The van der Waals surface area contributed by atoms with Gasteiger partial charge in [0.25, 0.3) is 0 Å². The molecule has 2 aliphatic heterocycles. The molecule has 1 N–H and O–H groups in total. The van der Waals surface area contributed by atoms with Crippen LogP contribution >= 0.6 is 11.8 Å². The zero-order valence-corrected chi connectivity index (χ0v) is 10.5. The minimum Gasteiger partial charge on any atom is -0.312 e. The summed E-state index contributed by atoms with van der Waals surface area (Å²) < 4.78 is 0.635. The van der Waals surface area contributed by atoms with Crippen LogP contribution in [0.25, 0.3) is 0 Å². The van der Waals surface area contributed by atoms with Crippen LogP contribution in [0, 0.1) is 5.92 Å².